The predicted molar refractivity (Wildman–Crippen MR) is 132 cm³/mol. The molecule has 1 N–H and O–H groups in total. The Hall–Kier alpha value is -3.10. The van der Waals surface area contributed by atoms with E-state index in [-0.39, 0.29) is 18.9 Å². The Morgan fingerprint density at radius 1 is 1.12 bits per heavy atom. The Labute approximate surface area is 199 Å². The van der Waals surface area contributed by atoms with Gasteiger partial charge in [-0.2, -0.15) is 0 Å². The van der Waals surface area contributed by atoms with Crippen LogP contribution in [0, 0.1) is 13.8 Å². The zero-order chi connectivity index (χ0) is 23.1. The molecule has 0 radical (unpaired) electrons. The molecule has 8 heteroatoms. The van der Waals surface area contributed by atoms with E-state index in [1.54, 1.807) is 0 Å². The summed E-state index contributed by atoms with van der Waals surface area (Å²) in [6, 6.07) is 14.4. The van der Waals surface area contributed by atoms with Gasteiger partial charge in [0.25, 0.3) is 0 Å². The molecule has 33 heavy (non-hydrogen) atoms. The molecule has 5 rings (SSSR count). The molecule has 7 nitrogen and oxygen atoms in total. The first-order valence-electron chi connectivity index (χ1n) is 11.2. The van der Waals surface area contributed by atoms with Gasteiger partial charge in [0.05, 0.1) is 17.8 Å². The summed E-state index contributed by atoms with van der Waals surface area (Å²) in [5.41, 5.74) is 5.63. The number of ether oxygens (including phenoxy) is 2. The zero-order valence-corrected chi connectivity index (χ0v) is 20.2. The molecule has 0 bridgehead atoms. The van der Waals surface area contributed by atoms with Gasteiger partial charge in [-0.05, 0) is 76.1 Å². The van der Waals surface area contributed by atoms with Crippen LogP contribution in [0.2, 0.25) is 0 Å². The third-order valence-corrected chi connectivity index (χ3v) is 6.74. The summed E-state index contributed by atoms with van der Waals surface area (Å²) in [5.74, 6) is 1.57. The third kappa shape index (κ3) is 3.94. The Balaban J connectivity index is 1.58. The highest BCUT2D eigenvalue weighted by Gasteiger charge is 2.41. The van der Waals surface area contributed by atoms with Gasteiger partial charge in [-0.1, -0.05) is 6.07 Å². The van der Waals surface area contributed by atoms with Crippen LogP contribution < -0.4 is 14.8 Å². The van der Waals surface area contributed by atoms with Crippen molar-refractivity contribution in [2.45, 2.75) is 25.9 Å². The number of hydrogen-bond acceptors (Lipinski definition) is 5. The highest BCUT2D eigenvalue weighted by molar-refractivity contribution is 7.80. The van der Waals surface area contributed by atoms with Crippen molar-refractivity contribution in [2.75, 3.05) is 34.0 Å². The molecule has 0 unspecified atom stereocenters. The zero-order valence-electron chi connectivity index (χ0n) is 19.4. The van der Waals surface area contributed by atoms with Gasteiger partial charge in [0.1, 0.15) is 0 Å². The molecule has 3 aromatic rings. The number of pyridine rings is 1. The van der Waals surface area contributed by atoms with Gasteiger partial charge in [-0.15, -0.1) is 0 Å². The normalized spacial score (nSPS) is 19.4. The fourth-order valence-electron chi connectivity index (χ4n) is 4.80. The topological polar surface area (TPSA) is 54.8 Å². The smallest absolute Gasteiger partial charge is 0.231 e. The summed E-state index contributed by atoms with van der Waals surface area (Å²) in [6.45, 7) is 6.33. The van der Waals surface area contributed by atoms with Crippen LogP contribution in [0.25, 0.3) is 5.69 Å². The largest absolute Gasteiger partial charge is 0.454 e. The van der Waals surface area contributed by atoms with Gasteiger partial charge >= 0.3 is 0 Å². The summed E-state index contributed by atoms with van der Waals surface area (Å²) in [7, 11) is 4.17. The average Bonchev–Trinajstić information content (AvgIpc) is 3.47. The number of nitrogens with one attached hydrogen (secondary N) is 1. The van der Waals surface area contributed by atoms with Crippen molar-refractivity contribution < 1.29 is 9.47 Å². The summed E-state index contributed by atoms with van der Waals surface area (Å²) in [6.07, 6.45) is 1.84. The lowest BCUT2D eigenvalue weighted by Crippen LogP contribution is -2.35. The SMILES string of the molecule is Cc1cc([C@@H]2[C@H](c3ccccn3)NC(=S)N2CCN(C)C)c(C)n1-c1ccc2c(c1)OCO2. The van der Waals surface area contributed by atoms with E-state index in [2.05, 4.69) is 70.8 Å². The molecule has 2 aromatic heterocycles. The van der Waals surface area contributed by atoms with Crippen LogP contribution in [-0.2, 0) is 0 Å². The van der Waals surface area contributed by atoms with Crippen LogP contribution in [0.4, 0.5) is 0 Å². The van der Waals surface area contributed by atoms with E-state index in [4.69, 9.17) is 21.7 Å². The molecule has 4 heterocycles. The van der Waals surface area contributed by atoms with Gasteiger partial charge < -0.3 is 29.2 Å². The molecule has 1 saturated heterocycles. The standard InChI is InChI=1S/C25H29N5O2S/c1-16-13-19(17(2)30(16)18-8-9-21-22(14-18)32-15-31-21)24-23(20-7-5-6-10-26-20)27-25(33)29(24)12-11-28(3)4/h5-10,13-14,23-24H,11-12,15H2,1-4H3,(H,27,33)/t23-,24+/m0/s1. The first-order chi connectivity index (χ1) is 15.9. The number of thiocarbonyl (C=S) groups is 1. The molecule has 172 valence electrons. The molecule has 0 amide bonds. The quantitative estimate of drug-likeness (QED) is 0.559. The van der Waals surface area contributed by atoms with Crippen LogP contribution in [0.15, 0.2) is 48.7 Å². The van der Waals surface area contributed by atoms with Crippen molar-refractivity contribution in [2.24, 2.45) is 0 Å². The lowest BCUT2D eigenvalue weighted by atomic mass is 9.96. The molecule has 1 fully saturated rings. The monoisotopic (exact) mass is 463 g/mol. The average molecular weight is 464 g/mol. The van der Waals surface area contributed by atoms with Crippen molar-refractivity contribution in [1.29, 1.82) is 0 Å². The van der Waals surface area contributed by atoms with Crippen molar-refractivity contribution in [3.63, 3.8) is 0 Å². The first kappa shape index (κ1) is 21.7. The molecule has 2 aliphatic heterocycles. The van der Waals surface area contributed by atoms with E-state index in [1.807, 2.05) is 30.5 Å². The Bertz CT molecular complexity index is 1180. The first-order valence-corrected chi connectivity index (χ1v) is 11.6. The maximum atomic E-state index is 5.81. The molecule has 0 spiro atoms. The fourth-order valence-corrected chi connectivity index (χ4v) is 5.13. The molecular weight excluding hydrogens is 434 g/mol. The Morgan fingerprint density at radius 2 is 1.94 bits per heavy atom. The second kappa shape index (κ2) is 8.68. The minimum atomic E-state index is -0.0217. The summed E-state index contributed by atoms with van der Waals surface area (Å²) < 4.78 is 13.4. The number of fused-ring (bicyclic) bond motifs is 1. The van der Waals surface area contributed by atoms with Gasteiger partial charge in [-0.25, -0.2) is 0 Å². The maximum absolute atomic E-state index is 5.81. The number of rotatable bonds is 6. The Kier molecular flexibility index (Phi) is 5.72. The van der Waals surface area contributed by atoms with Crippen LogP contribution in [-0.4, -0.2) is 58.4 Å². The van der Waals surface area contributed by atoms with E-state index in [0.29, 0.717) is 0 Å². The second-order valence-electron chi connectivity index (χ2n) is 8.82. The van der Waals surface area contributed by atoms with Crippen molar-refractivity contribution in [1.82, 2.24) is 24.7 Å². The van der Waals surface area contributed by atoms with Crippen molar-refractivity contribution in [3.05, 3.63) is 71.3 Å². The van der Waals surface area contributed by atoms with Crippen LogP contribution >= 0.6 is 12.2 Å². The van der Waals surface area contributed by atoms with Gasteiger partial charge in [0.2, 0.25) is 6.79 Å². The molecular formula is C25H29N5O2S. The molecule has 0 aliphatic carbocycles. The van der Waals surface area contributed by atoms with Crippen molar-refractivity contribution >= 4 is 17.3 Å². The van der Waals surface area contributed by atoms with E-state index in [1.165, 1.54) is 11.3 Å². The van der Waals surface area contributed by atoms with Gasteiger partial charge in [0, 0.05) is 42.4 Å². The molecule has 2 atom stereocenters. The molecule has 0 saturated carbocycles. The lowest BCUT2D eigenvalue weighted by molar-refractivity contribution is 0.174. The minimum absolute atomic E-state index is 0.0217. The molecule has 2 aliphatic rings. The fraction of sp³-hybridized carbons (Fsp3) is 0.360. The highest BCUT2D eigenvalue weighted by Crippen LogP contribution is 2.42. The number of aromatic nitrogens is 2. The van der Waals surface area contributed by atoms with E-state index >= 15 is 0 Å². The van der Waals surface area contributed by atoms with Crippen LogP contribution in [0.5, 0.6) is 11.5 Å². The number of aryl methyl sites for hydroxylation is 1. The number of likely N-dealkylation sites (N-methyl/N-ethyl adjacent to an activating group) is 1. The Morgan fingerprint density at radius 3 is 2.70 bits per heavy atom. The van der Waals surface area contributed by atoms with Crippen molar-refractivity contribution in [3.8, 4) is 17.2 Å². The summed E-state index contributed by atoms with van der Waals surface area (Å²) in [5, 5.41) is 4.32. The third-order valence-electron chi connectivity index (χ3n) is 6.39. The summed E-state index contributed by atoms with van der Waals surface area (Å²) >= 11 is 5.81. The number of nitrogens with zero attached hydrogens (tertiary/aromatic N) is 4. The summed E-state index contributed by atoms with van der Waals surface area (Å²) in [4.78, 5) is 9.15. The highest BCUT2D eigenvalue weighted by atomic mass is 32.1. The van der Waals surface area contributed by atoms with Crippen LogP contribution in [0.1, 0.15) is 34.7 Å². The maximum Gasteiger partial charge on any atom is 0.231 e. The van der Waals surface area contributed by atoms with E-state index < -0.39 is 0 Å². The second-order valence-corrected chi connectivity index (χ2v) is 9.21. The lowest BCUT2D eigenvalue weighted by Gasteiger charge is -2.29. The molecule has 1 aromatic carbocycles. The van der Waals surface area contributed by atoms with Gasteiger partial charge in [0.15, 0.2) is 16.6 Å². The number of hydrogen-bond donors (Lipinski definition) is 1. The number of benzene rings is 1. The minimum Gasteiger partial charge on any atom is -0.454 e. The van der Waals surface area contributed by atoms with E-state index in [0.717, 1.165) is 46.8 Å². The van der Waals surface area contributed by atoms with Crippen LogP contribution in [0.3, 0.4) is 0 Å². The van der Waals surface area contributed by atoms with E-state index in [9.17, 15) is 0 Å². The predicted octanol–water partition coefficient (Wildman–Crippen LogP) is 3.75. The van der Waals surface area contributed by atoms with Gasteiger partial charge in [-0.3, -0.25) is 4.98 Å².